The smallest absolute Gasteiger partial charge is 0.347 e. The van der Waals surface area contributed by atoms with Crippen molar-refractivity contribution in [2.45, 2.75) is 31.1 Å². The first kappa shape index (κ1) is 30.9. The first-order valence-corrected chi connectivity index (χ1v) is 15.0. The minimum absolute atomic E-state index is 0.0118. The molecular formula is C30H27N5O6S2. The van der Waals surface area contributed by atoms with Gasteiger partial charge < -0.3 is 15.2 Å². The molecule has 1 aromatic heterocycles. The summed E-state index contributed by atoms with van der Waals surface area (Å²) in [6.45, 7) is 1.95. The van der Waals surface area contributed by atoms with Crippen molar-refractivity contribution in [1.82, 2.24) is 4.98 Å². The van der Waals surface area contributed by atoms with Crippen LogP contribution in [0.3, 0.4) is 0 Å². The molecule has 0 saturated heterocycles. The Morgan fingerprint density at radius 1 is 0.930 bits per heavy atom. The fourth-order valence-corrected chi connectivity index (χ4v) is 4.74. The Morgan fingerprint density at radius 3 is 2.28 bits per heavy atom. The molecule has 0 aliphatic rings. The predicted molar refractivity (Wildman–Crippen MR) is 165 cm³/mol. The van der Waals surface area contributed by atoms with Gasteiger partial charge >= 0.3 is 11.9 Å². The van der Waals surface area contributed by atoms with Gasteiger partial charge in [0, 0.05) is 18.2 Å². The van der Waals surface area contributed by atoms with E-state index in [1.165, 1.54) is 54.7 Å². The maximum Gasteiger partial charge on any atom is 0.347 e. The van der Waals surface area contributed by atoms with Crippen molar-refractivity contribution in [3.8, 4) is 11.5 Å². The van der Waals surface area contributed by atoms with Crippen molar-refractivity contribution in [1.29, 1.82) is 0 Å². The average Bonchev–Trinajstić information content (AvgIpc) is 3.00. The Morgan fingerprint density at radius 2 is 1.63 bits per heavy atom. The van der Waals surface area contributed by atoms with E-state index in [1.807, 2.05) is 6.92 Å². The number of pyridine rings is 1. The number of nitrogens with zero attached hydrogens (tertiary/aromatic N) is 3. The monoisotopic (exact) mass is 617 g/mol. The van der Waals surface area contributed by atoms with E-state index < -0.39 is 22.0 Å². The lowest BCUT2D eigenvalue weighted by molar-refractivity contribution is -0.134. The minimum Gasteiger partial charge on any atom is -0.426 e. The van der Waals surface area contributed by atoms with Gasteiger partial charge in [-0.3, -0.25) is 9.52 Å². The number of carbonyl (C=O) groups excluding carboxylic acids is 2. The molecule has 0 saturated carbocycles. The zero-order valence-corrected chi connectivity index (χ0v) is 24.6. The second-order valence-electron chi connectivity index (χ2n) is 9.05. The summed E-state index contributed by atoms with van der Waals surface area (Å²) < 4.78 is 38.6. The molecule has 43 heavy (non-hydrogen) atoms. The molecule has 3 N–H and O–H groups in total. The first-order valence-electron chi connectivity index (χ1n) is 13.1. The zero-order chi connectivity index (χ0) is 30.8. The number of thiocarbonyl (C=S) groups is 1. The maximum absolute atomic E-state index is 13.1. The van der Waals surface area contributed by atoms with Crippen LogP contribution in [0, 0.1) is 0 Å². The number of ether oxygens (including phenoxy) is 2. The van der Waals surface area contributed by atoms with Gasteiger partial charge in [0.05, 0.1) is 16.3 Å². The lowest BCUT2D eigenvalue weighted by Crippen LogP contribution is -2.14. The number of anilines is 1. The van der Waals surface area contributed by atoms with E-state index in [4.69, 9.17) is 27.4 Å². The van der Waals surface area contributed by atoms with Gasteiger partial charge in [0.2, 0.25) is 0 Å². The zero-order valence-electron chi connectivity index (χ0n) is 23.0. The quantitative estimate of drug-likeness (QED) is 0.0810. The standard InChI is InChI=1S/C30H27N5O6S2/c1-2-3-7-28(36)41-26-17-12-22(19-25(26)30(37)40-23-13-8-20(9-14-23)29(31)42)34-33-21-10-15-24(16-11-21)43(38,39)35-27-6-4-5-18-32-27/h4-6,8-19H,2-3,7H2,1H3,(H2,31,42)(H,32,35)/b34-33+. The van der Waals surface area contributed by atoms with Crippen LogP contribution in [0.2, 0.25) is 0 Å². The summed E-state index contributed by atoms with van der Waals surface area (Å²) in [6.07, 6.45) is 3.11. The number of nitrogens with one attached hydrogen (secondary N) is 1. The molecule has 0 amide bonds. The Balaban J connectivity index is 1.54. The molecule has 11 nitrogen and oxygen atoms in total. The lowest BCUT2D eigenvalue weighted by Gasteiger charge is -2.11. The van der Waals surface area contributed by atoms with Gasteiger partial charge in [0.15, 0.2) is 0 Å². The molecule has 0 unspecified atom stereocenters. The molecular weight excluding hydrogens is 590 g/mol. The van der Waals surface area contributed by atoms with Crippen LogP contribution in [0.25, 0.3) is 0 Å². The normalized spacial score (nSPS) is 11.2. The summed E-state index contributed by atoms with van der Waals surface area (Å²) in [4.78, 5) is 29.6. The summed E-state index contributed by atoms with van der Waals surface area (Å²) in [5, 5.41) is 8.30. The average molecular weight is 618 g/mol. The Bertz CT molecular complexity index is 1740. The van der Waals surface area contributed by atoms with Crippen LogP contribution >= 0.6 is 12.2 Å². The molecule has 13 heteroatoms. The number of aromatic nitrogens is 1. The highest BCUT2D eigenvalue weighted by atomic mass is 32.2. The number of sulfonamides is 1. The maximum atomic E-state index is 13.1. The second kappa shape index (κ2) is 14.2. The van der Waals surface area contributed by atoms with Gasteiger partial charge in [0.1, 0.15) is 27.9 Å². The van der Waals surface area contributed by atoms with E-state index in [0.29, 0.717) is 17.7 Å². The van der Waals surface area contributed by atoms with Crippen molar-refractivity contribution in [3.63, 3.8) is 0 Å². The number of benzene rings is 3. The predicted octanol–water partition coefficient (Wildman–Crippen LogP) is 6.25. The third-order valence-corrected chi connectivity index (χ3v) is 7.43. The van der Waals surface area contributed by atoms with E-state index in [-0.39, 0.29) is 44.9 Å². The molecule has 0 bridgehead atoms. The van der Waals surface area contributed by atoms with Crippen molar-refractivity contribution < 1.29 is 27.5 Å². The number of hydrogen-bond donors (Lipinski definition) is 2. The molecule has 0 aliphatic heterocycles. The van der Waals surface area contributed by atoms with E-state index >= 15 is 0 Å². The summed E-state index contributed by atoms with van der Waals surface area (Å²) in [5.41, 5.74) is 6.81. The van der Waals surface area contributed by atoms with Gasteiger partial charge in [0.25, 0.3) is 10.0 Å². The number of nitrogens with two attached hydrogens (primary N) is 1. The molecule has 220 valence electrons. The number of unbranched alkanes of at least 4 members (excludes halogenated alkanes) is 1. The highest BCUT2D eigenvalue weighted by molar-refractivity contribution is 7.92. The van der Waals surface area contributed by atoms with Crippen LogP contribution in [-0.4, -0.2) is 30.3 Å². The number of azo groups is 1. The third-order valence-electron chi connectivity index (χ3n) is 5.82. The third kappa shape index (κ3) is 8.74. The van der Waals surface area contributed by atoms with E-state index in [9.17, 15) is 18.0 Å². The van der Waals surface area contributed by atoms with Gasteiger partial charge in [-0.05, 0) is 85.3 Å². The van der Waals surface area contributed by atoms with E-state index in [0.717, 1.165) is 6.42 Å². The molecule has 4 aromatic rings. The fourth-order valence-electron chi connectivity index (χ4n) is 3.60. The van der Waals surface area contributed by atoms with Crippen LogP contribution in [0.5, 0.6) is 11.5 Å². The summed E-state index contributed by atoms with van der Waals surface area (Å²) in [5.74, 6) is -0.837. The van der Waals surface area contributed by atoms with Crippen molar-refractivity contribution in [2.24, 2.45) is 16.0 Å². The SMILES string of the molecule is CCCCC(=O)Oc1ccc(/N=N/c2ccc(S(=O)(=O)Nc3ccccn3)cc2)cc1C(=O)Oc1ccc(C(N)=S)cc1. The molecule has 0 aliphatic carbocycles. The Labute approximate surface area is 253 Å². The highest BCUT2D eigenvalue weighted by Crippen LogP contribution is 2.29. The Hall–Kier alpha value is -5.01. The first-order chi connectivity index (χ1) is 20.6. The molecule has 0 spiro atoms. The largest absolute Gasteiger partial charge is 0.426 e. The van der Waals surface area contributed by atoms with Crippen LogP contribution in [0.1, 0.15) is 42.1 Å². The molecule has 3 aromatic carbocycles. The van der Waals surface area contributed by atoms with Gasteiger partial charge in [-0.15, -0.1) is 0 Å². The molecule has 0 fully saturated rings. The van der Waals surface area contributed by atoms with Crippen molar-refractivity contribution in [2.75, 3.05) is 4.72 Å². The fraction of sp³-hybridized carbons (Fsp3) is 0.133. The summed E-state index contributed by atoms with van der Waals surface area (Å²) in [7, 11) is -3.86. The number of esters is 2. The number of hydrogen-bond acceptors (Lipinski definition) is 10. The Kier molecular flexibility index (Phi) is 10.3. The molecule has 4 rings (SSSR count). The number of rotatable bonds is 12. The van der Waals surface area contributed by atoms with E-state index in [1.54, 1.807) is 36.4 Å². The van der Waals surface area contributed by atoms with Crippen LogP contribution in [0.15, 0.2) is 106 Å². The van der Waals surface area contributed by atoms with E-state index in [2.05, 4.69) is 19.9 Å². The van der Waals surface area contributed by atoms with Gasteiger partial charge in [-0.2, -0.15) is 10.2 Å². The van der Waals surface area contributed by atoms with Crippen molar-refractivity contribution >= 4 is 56.4 Å². The molecule has 1 heterocycles. The highest BCUT2D eigenvalue weighted by Gasteiger charge is 2.19. The summed E-state index contributed by atoms with van der Waals surface area (Å²) in [6, 6.07) is 21.2. The second-order valence-corrected chi connectivity index (χ2v) is 11.2. The van der Waals surface area contributed by atoms with Crippen molar-refractivity contribution in [3.05, 3.63) is 102 Å². The molecule has 0 radical (unpaired) electrons. The van der Waals surface area contributed by atoms with Crippen LogP contribution in [0.4, 0.5) is 17.2 Å². The lowest BCUT2D eigenvalue weighted by atomic mass is 10.1. The number of carbonyl (C=O) groups is 2. The molecule has 0 atom stereocenters. The van der Waals surface area contributed by atoms with Gasteiger partial charge in [-0.1, -0.05) is 31.6 Å². The topological polar surface area (TPSA) is 162 Å². The summed E-state index contributed by atoms with van der Waals surface area (Å²) >= 11 is 4.95. The minimum atomic E-state index is -3.86. The van der Waals surface area contributed by atoms with Crippen LogP contribution < -0.4 is 19.9 Å². The van der Waals surface area contributed by atoms with Crippen LogP contribution in [-0.2, 0) is 14.8 Å². The van der Waals surface area contributed by atoms with Gasteiger partial charge in [-0.25, -0.2) is 18.2 Å².